The number of esters is 1. The first-order valence-corrected chi connectivity index (χ1v) is 9.54. The number of carbonyl (C=O) groups is 2. The first-order valence-electron chi connectivity index (χ1n) is 9.54. The lowest BCUT2D eigenvalue weighted by Gasteiger charge is -2.13. The van der Waals surface area contributed by atoms with Gasteiger partial charge in [-0.15, -0.1) is 0 Å². The standard InChI is InChI=1S/C21H24N6O3/c1-6-30-19(29)14-8-9-15(24-13(14)2)18(28)25-17-12-16(21(3,4)5)26-27(17)20-22-10-7-11-23-20/h7-12H,6H2,1-5H3,(H,25,28). The number of rotatable bonds is 5. The second-order valence-corrected chi connectivity index (χ2v) is 7.63. The first-order chi connectivity index (χ1) is 14.2. The minimum atomic E-state index is -0.469. The molecule has 1 N–H and O–H groups in total. The number of ether oxygens (including phenoxy) is 1. The van der Waals surface area contributed by atoms with Crippen LogP contribution in [0.2, 0.25) is 0 Å². The Balaban J connectivity index is 1.92. The fourth-order valence-corrected chi connectivity index (χ4v) is 2.68. The van der Waals surface area contributed by atoms with E-state index < -0.39 is 11.9 Å². The average Bonchev–Trinajstić information content (AvgIpc) is 3.13. The van der Waals surface area contributed by atoms with Gasteiger partial charge in [-0.2, -0.15) is 9.78 Å². The normalized spacial score (nSPS) is 11.2. The van der Waals surface area contributed by atoms with Crippen molar-refractivity contribution < 1.29 is 14.3 Å². The molecule has 0 atom stereocenters. The molecule has 0 aromatic carbocycles. The van der Waals surface area contributed by atoms with Crippen LogP contribution in [0.15, 0.2) is 36.7 Å². The molecule has 0 aliphatic rings. The lowest BCUT2D eigenvalue weighted by atomic mass is 9.92. The fourth-order valence-electron chi connectivity index (χ4n) is 2.68. The third-order valence-corrected chi connectivity index (χ3v) is 4.27. The van der Waals surface area contributed by atoms with Crippen molar-refractivity contribution in [1.29, 1.82) is 0 Å². The Bertz CT molecular complexity index is 1070. The van der Waals surface area contributed by atoms with E-state index in [0.717, 1.165) is 5.69 Å². The molecule has 0 spiro atoms. The zero-order valence-electron chi connectivity index (χ0n) is 17.6. The monoisotopic (exact) mass is 408 g/mol. The van der Waals surface area contributed by atoms with E-state index in [9.17, 15) is 9.59 Å². The summed E-state index contributed by atoms with van der Waals surface area (Å²) in [6.07, 6.45) is 3.21. The number of aryl methyl sites for hydroxylation is 1. The van der Waals surface area contributed by atoms with Crippen LogP contribution >= 0.6 is 0 Å². The number of pyridine rings is 1. The molecule has 0 saturated carbocycles. The highest BCUT2D eigenvalue weighted by atomic mass is 16.5. The predicted molar refractivity (Wildman–Crippen MR) is 111 cm³/mol. The molecule has 1 amide bonds. The van der Waals surface area contributed by atoms with Gasteiger partial charge in [0.1, 0.15) is 11.5 Å². The minimum absolute atomic E-state index is 0.166. The Morgan fingerprint density at radius 3 is 2.47 bits per heavy atom. The zero-order chi connectivity index (χ0) is 21.9. The van der Waals surface area contributed by atoms with Crippen molar-refractivity contribution >= 4 is 17.7 Å². The summed E-state index contributed by atoms with van der Waals surface area (Å²) in [6, 6.07) is 6.51. The van der Waals surface area contributed by atoms with Gasteiger partial charge in [-0.25, -0.2) is 19.7 Å². The van der Waals surface area contributed by atoms with Gasteiger partial charge in [-0.1, -0.05) is 20.8 Å². The van der Waals surface area contributed by atoms with Crippen LogP contribution in [-0.2, 0) is 10.2 Å². The summed E-state index contributed by atoms with van der Waals surface area (Å²) >= 11 is 0. The van der Waals surface area contributed by atoms with E-state index in [1.54, 1.807) is 38.4 Å². The smallest absolute Gasteiger partial charge is 0.339 e. The molecule has 9 heteroatoms. The number of nitrogens with zero attached hydrogens (tertiary/aromatic N) is 5. The summed E-state index contributed by atoms with van der Waals surface area (Å²) in [5.41, 5.74) is 1.43. The Morgan fingerprint density at radius 1 is 1.17 bits per heavy atom. The Morgan fingerprint density at radius 2 is 1.87 bits per heavy atom. The van der Waals surface area contributed by atoms with Crippen molar-refractivity contribution in [2.45, 2.75) is 40.0 Å². The molecular weight excluding hydrogens is 384 g/mol. The lowest BCUT2D eigenvalue weighted by molar-refractivity contribution is 0.0524. The molecule has 3 heterocycles. The Kier molecular flexibility index (Phi) is 5.91. The van der Waals surface area contributed by atoms with Crippen LogP contribution in [0.1, 0.15) is 59.9 Å². The summed E-state index contributed by atoms with van der Waals surface area (Å²) < 4.78 is 6.48. The van der Waals surface area contributed by atoms with Gasteiger partial charge in [0, 0.05) is 23.9 Å². The van der Waals surface area contributed by atoms with E-state index in [-0.39, 0.29) is 17.7 Å². The van der Waals surface area contributed by atoms with Crippen molar-refractivity contribution in [3.63, 3.8) is 0 Å². The van der Waals surface area contributed by atoms with Crippen LogP contribution in [0.4, 0.5) is 5.82 Å². The zero-order valence-corrected chi connectivity index (χ0v) is 17.6. The van der Waals surface area contributed by atoms with Crippen molar-refractivity contribution in [2.24, 2.45) is 0 Å². The number of hydrogen-bond donors (Lipinski definition) is 1. The van der Waals surface area contributed by atoms with E-state index in [0.29, 0.717) is 23.0 Å². The van der Waals surface area contributed by atoms with E-state index >= 15 is 0 Å². The SMILES string of the molecule is CCOC(=O)c1ccc(C(=O)Nc2cc(C(C)(C)C)nn2-c2ncccn2)nc1C. The molecule has 0 aliphatic heterocycles. The van der Waals surface area contributed by atoms with Crippen LogP contribution in [0, 0.1) is 6.92 Å². The number of carbonyl (C=O) groups excluding carboxylic acids is 2. The van der Waals surface area contributed by atoms with E-state index in [4.69, 9.17) is 4.74 Å². The second kappa shape index (κ2) is 8.40. The van der Waals surface area contributed by atoms with Gasteiger partial charge < -0.3 is 10.1 Å². The highest BCUT2D eigenvalue weighted by molar-refractivity contribution is 6.03. The number of nitrogens with one attached hydrogen (secondary N) is 1. The van der Waals surface area contributed by atoms with Crippen LogP contribution in [0.5, 0.6) is 0 Å². The molecule has 156 valence electrons. The summed E-state index contributed by atoms with van der Waals surface area (Å²) in [6.45, 7) is 9.72. The Labute approximate surface area is 174 Å². The lowest BCUT2D eigenvalue weighted by Crippen LogP contribution is -2.18. The van der Waals surface area contributed by atoms with Gasteiger partial charge in [-0.3, -0.25) is 4.79 Å². The van der Waals surface area contributed by atoms with Gasteiger partial charge in [0.2, 0.25) is 0 Å². The van der Waals surface area contributed by atoms with Crippen LogP contribution < -0.4 is 5.32 Å². The second-order valence-electron chi connectivity index (χ2n) is 7.63. The summed E-state index contributed by atoms with van der Waals surface area (Å²) in [5.74, 6) is -0.148. The molecule has 3 rings (SSSR count). The van der Waals surface area contributed by atoms with Crippen LogP contribution in [-0.4, -0.2) is 43.2 Å². The molecule has 0 fully saturated rings. The largest absolute Gasteiger partial charge is 0.462 e. The van der Waals surface area contributed by atoms with Gasteiger partial charge in [0.05, 0.1) is 23.6 Å². The number of amides is 1. The molecule has 0 bridgehead atoms. The van der Waals surface area contributed by atoms with Crippen molar-refractivity contribution in [3.05, 3.63) is 59.3 Å². The predicted octanol–water partition coefficient (Wildman–Crippen LogP) is 3.09. The Hall–Kier alpha value is -3.62. The summed E-state index contributed by atoms with van der Waals surface area (Å²) in [4.78, 5) is 37.5. The van der Waals surface area contributed by atoms with Crippen molar-refractivity contribution in [3.8, 4) is 5.95 Å². The molecule has 0 saturated heterocycles. The molecule has 0 radical (unpaired) electrons. The fraction of sp³-hybridized carbons (Fsp3) is 0.333. The maximum absolute atomic E-state index is 12.8. The molecule has 0 aliphatic carbocycles. The maximum atomic E-state index is 12.8. The number of hydrogen-bond acceptors (Lipinski definition) is 7. The van der Waals surface area contributed by atoms with Crippen LogP contribution in [0.25, 0.3) is 5.95 Å². The van der Waals surface area contributed by atoms with Gasteiger partial charge in [0.25, 0.3) is 11.9 Å². The van der Waals surface area contributed by atoms with Crippen LogP contribution in [0.3, 0.4) is 0 Å². The highest BCUT2D eigenvalue weighted by Gasteiger charge is 2.23. The first kappa shape index (κ1) is 21.1. The van der Waals surface area contributed by atoms with E-state index in [2.05, 4.69) is 25.4 Å². The number of anilines is 1. The van der Waals surface area contributed by atoms with E-state index in [1.807, 2.05) is 20.8 Å². The molecule has 3 aromatic heterocycles. The molecular formula is C21H24N6O3. The molecule has 3 aromatic rings. The topological polar surface area (TPSA) is 112 Å². The third-order valence-electron chi connectivity index (χ3n) is 4.27. The van der Waals surface area contributed by atoms with E-state index in [1.165, 1.54) is 16.8 Å². The highest BCUT2D eigenvalue weighted by Crippen LogP contribution is 2.25. The number of aromatic nitrogens is 5. The minimum Gasteiger partial charge on any atom is -0.462 e. The third kappa shape index (κ3) is 4.51. The van der Waals surface area contributed by atoms with Gasteiger partial charge >= 0.3 is 5.97 Å². The van der Waals surface area contributed by atoms with Gasteiger partial charge in [-0.05, 0) is 32.0 Å². The maximum Gasteiger partial charge on any atom is 0.339 e. The molecule has 30 heavy (non-hydrogen) atoms. The quantitative estimate of drug-likeness (QED) is 0.646. The van der Waals surface area contributed by atoms with Gasteiger partial charge in [0.15, 0.2) is 0 Å². The van der Waals surface area contributed by atoms with Crippen molar-refractivity contribution in [2.75, 3.05) is 11.9 Å². The summed E-state index contributed by atoms with van der Waals surface area (Å²) in [7, 11) is 0. The average molecular weight is 408 g/mol. The molecule has 9 nitrogen and oxygen atoms in total. The van der Waals surface area contributed by atoms with Crippen molar-refractivity contribution in [1.82, 2.24) is 24.7 Å². The molecule has 0 unspecified atom stereocenters. The summed E-state index contributed by atoms with van der Waals surface area (Å²) in [5, 5.41) is 7.39.